The lowest BCUT2D eigenvalue weighted by atomic mass is 9.55. The van der Waals surface area contributed by atoms with E-state index in [9.17, 15) is 4.79 Å². The predicted molar refractivity (Wildman–Crippen MR) is 65.3 cm³/mol. The molecule has 1 heterocycles. The van der Waals surface area contributed by atoms with E-state index in [4.69, 9.17) is 4.74 Å². The van der Waals surface area contributed by atoms with Crippen LogP contribution in [0.2, 0.25) is 0 Å². The van der Waals surface area contributed by atoms with Crippen molar-refractivity contribution in [2.45, 2.75) is 66.5 Å². The molecule has 1 saturated heterocycles. The van der Waals surface area contributed by atoms with Crippen LogP contribution in [0.4, 0.5) is 4.79 Å². The maximum absolute atomic E-state index is 11.6. The van der Waals surface area contributed by atoms with Gasteiger partial charge >= 0.3 is 6.09 Å². The van der Waals surface area contributed by atoms with E-state index in [0.717, 1.165) is 0 Å². The zero-order valence-electron chi connectivity index (χ0n) is 11.8. The predicted octanol–water partition coefficient (Wildman–Crippen LogP) is 3.34. The Hall–Kier alpha value is -0.730. The minimum atomic E-state index is -0.524. The minimum Gasteiger partial charge on any atom is -0.439 e. The van der Waals surface area contributed by atoms with E-state index >= 15 is 0 Å². The fourth-order valence-corrected chi connectivity index (χ4v) is 3.94. The average Bonchev–Trinajstić information content (AvgIpc) is 2.16. The molecule has 0 saturated carbocycles. The molecule has 3 heteroatoms. The number of ether oxygens (including phenoxy) is 1. The van der Waals surface area contributed by atoms with Crippen LogP contribution in [0, 0.1) is 10.8 Å². The average molecular weight is 227 g/mol. The zero-order valence-corrected chi connectivity index (χ0v) is 11.8. The van der Waals surface area contributed by atoms with Crippen molar-refractivity contribution < 1.29 is 9.53 Å². The summed E-state index contributed by atoms with van der Waals surface area (Å²) in [6.07, 6.45) is -0.310. The van der Waals surface area contributed by atoms with Crippen LogP contribution in [0.1, 0.15) is 55.4 Å². The highest BCUT2D eigenvalue weighted by Gasteiger charge is 2.66. The molecule has 16 heavy (non-hydrogen) atoms. The molecule has 0 unspecified atom stereocenters. The van der Waals surface area contributed by atoms with Gasteiger partial charge in [-0.15, -0.1) is 0 Å². The van der Waals surface area contributed by atoms with Crippen molar-refractivity contribution in [3.63, 3.8) is 0 Å². The molecular formula is C13H25NO2. The van der Waals surface area contributed by atoms with Gasteiger partial charge in [-0.05, 0) is 13.8 Å². The zero-order chi connectivity index (χ0) is 13.0. The minimum absolute atomic E-state index is 0.131. The van der Waals surface area contributed by atoms with Crippen LogP contribution in [-0.2, 0) is 4.74 Å². The van der Waals surface area contributed by atoms with E-state index in [1.54, 1.807) is 0 Å². The molecule has 0 aromatic heterocycles. The molecule has 0 atom stereocenters. The summed E-state index contributed by atoms with van der Waals surface area (Å²) in [6, 6.07) is 0. The summed E-state index contributed by atoms with van der Waals surface area (Å²) < 4.78 is 5.74. The molecule has 0 aliphatic carbocycles. The summed E-state index contributed by atoms with van der Waals surface area (Å²) in [7, 11) is 0. The molecule has 1 aliphatic rings. The maximum Gasteiger partial charge on any atom is 0.408 e. The third kappa shape index (κ3) is 1.52. The summed E-state index contributed by atoms with van der Waals surface area (Å²) in [4.78, 5) is 11.6. The van der Waals surface area contributed by atoms with E-state index < -0.39 is 5.60 Å². The lowest BCUT2D eigenvalue weighted by Gasteiger charge is -2.55. The van der Waals surface area contributed by atoms with Crippen molar-refractivity contribution in [1.29, 1.82) is 0 Å². The Morgan fingerprint density at radius 3 is 1.50 bits per heavy atom. The highest BCUT2D eigenvalue weighted by molar-refractivity contribution is 5.72. The summed E-state index contributed by atoms with van der Waals surface area (Å²) in [5, 5.41) is 2.94. The van der Waals surface area contributed by atoms with E-state index in [1.165, 1.54) is 0 Å². The molecule has 1 fully saturated rings. The van der Waals surface area contributed by atoms with Gasteiger partial charge in [-0.1, -0.05) is 41.5 Å². The molecule has 1 amide bonds. The summed E-state index contributed by atoms with van der Waals surface area (Å²) in [5.41, 5.74) is -1.16. The Morgan fingerprint density at radius 2 is 1.38 bits per heavy atom. The number of hydrogen-bond donors (Lipinski definition) is 1. The van der Waals surface area contributed by atoms with Crippen LogP contribution >= 0.6 is 0 Å². The first-order chi connectivity index (χ1) is 6.85. The number of carbonyl (C=O) groups is 1. The summed E-state index contributed by atoms with van der Waals surface area (Å²) in [6.45, 7) is 16.8. The Balaban J connectivity index is 3.44. The highest BCUT2D eigenvalue weighted by atomic mass is 16.6. The van der Waals surface area contributed by atoms with E-state index in [1.807, 2.05) is 13.8 Å². The maximum atomic E-state index is 11.6. The molecule has 3 nitrogen and oxygen atoms in total. The fourth-order valence-electron chi connectivity index (χ4n) is 3.94. The fraction of sp³-hybridized carbons (Fsp3) is 0.923. The van der Waals surface area contributed by atoms with Crippen molar-refractivity contribution in [1.82, 2.24) is 5.32 Å². The summed E-state index contributed by atoms with van der Waals surface area (Å²) >= 11 is 0. The largest absolute Gasteiger partial charge is 0.439 e. The Kier molecular flexibility index (Phi) is 2.62. The monoisotopic (exact) mass is 227 g/mol. The van der Waals surface area contributed by atoms with Gasteiger partial charge in [0.15, 0.2) is 0 Å². The normalized spacial score (nSPS) is 23.9. The molecule has 0 aromatic rings. The SMILES string of the molecule is CC(C)(C)C1(C(C)(C)C)OC(=O)NC1(C)C. The second-order valence-electron chi connectivity index (χ2n) is 7.32. The van der Waals surface area contributed by atoms with Gasteiger partial charge in [-0.2, -0.15) is 0 Å². The standard InChI is InChI=1S/C13H25NO2/c1-10(2,3)13(11(4,5)6)12(7,8)14-9(15)16-13/h1-8H3,(H,14,15). The van der Waals surface area contributed by atoms with Gasteiger partial charge in [0.05, 0.1) is 5.54 Å². The number of rotatable bonds is 0. The second kappa shape index (κ2) is 3.14. The van der Waals surface area contributed by atoms with Crippen molar-refractivity contribution in [3.8, 4) is 0 Å². The second-order valence-corrected chi connectivity index (χ2v) is 7.32. The third-order valence-electron chi connectivity index (χ3n) is 3.65. The van der Waals surface area contributed by atoms with Crippen LogP contribution in [-0.4, -0.2) is 17.2 Å². The van der Waals surface area contributed by atoms with E-state index in [-0.39, 0.29) is 22.5 Å². The number of carbonyl (C=O) groups excluding carboxylic acids is 1. The molecule has 1 aliphatic heterocycles. The highest BCUT2D eigenvalue weighted by Crippen LogP contribution is 2.55. The smallest absolute Gasteiger partial charge is 0.408 e. The van der Waals surface area contributed by atoms with Gasteiger partial charge in [0.25, 0.3) is 0 Å². The van der Waals surface area contributed by atoms with Gasteiger partial charge in [-0.25, -0.2) is 4.79 Å². The quantitative estimate of drug-likeness (QED) is 0.689. The number of amides is 1. The number of hydrogen-bond acceptors (Lipinski definition) is 2. The lowest BCUT2D eigenvalue weighted by Crippen LogP contribution is -2.66. The molecule has 1 rings (SSSR count). The van der Waals surface area contributed by atoms with Gasteiger partial charge in [0.1, 0.15) is 5.60 Å². The van der Waals surface area contributed by atoms with Crippen LogP contribution in [0.15, 0.2) is 0 Å². The van der Waals surface area contributed by atoms with Crippen LogP contribution in [0.3, 0.4) is 0 Å². The Bertz CT molecular complexity index is 291. The third-order valence-corrected chi connectivity index (χ3v) is 3.65. The van der Waals surface area contributed by atoms with Crippen molar-refractivity contribution in [2.24, 2.45) is 10.8 Å². The first-order valence-electron chi connectivity index (χ1n) is 5.86. The topological polar surface area (TPSA) is 38.3 Å². The van der Waals surface area contributed by atoms with E-state index in [0.29, 0.717) is 0 Å². The van der Waals surface area contributed by atoms with E-state index in [2.05, 4.69) is 46.9 Å². The molecule has 0 radical (unpaired) electrons. The number of nitrogens with one attached hydrogen (secondary N) is 1. The lowest BCUT2D eigenvalue weighted by molar-refractivity contribution is -0.149. The van der Waals surface area contributed by atoms with Crippen molar-refractivity contribution in [2.75, 3.05) is 0 Å². The molecule has 0 bridgehead atoms. The first kappa shape index (κ1) is 13.3. The first-order valence-corrected chi connectivity index (χ1v) is 5.86. The Morgan fingerprint density at radius 1 is 1.00 bits per heavy atom. The molecule has 0 spiro atoms. The van der Waals surface area contributed by atoms with Crippen molar-refractivity contribution >= 4 is 6.09 Å². The molecule has 0 aromatic carbocycles. The Labute approximate surface area is 98.9 Å². The van der Waals surface area contributed by atoms with Crippen LogP contribution in [0.5, 0.6) is 0 Å². The van der Waals surface area contributed by atoms with Crippen molar-refractivity contribution in [3.05, 3.63) is 0 Å². The summed E-state index contributed by atoms with van der Waals surface area (Å²) in [5.74, 6) is 0. The molecule has 94 valence electrons. The number of alkyl carbamates (subject to hydrolysis) is 1. The van der Waals surface area contributed by atoms with Gasteiger partial charge in [-0.3, -0.25) is 0 Å². The molecular weight excluding hydrogens is 202 g/mol. The van der Waals surface area contributed by atoms with Gasteiger partial charge in [0.2, 0.25) is 0 Å². The van der Waals surface area contributed by atoms with Crippen LogP contribution in [0.25, 0.3) is 0 Å². The molecule has 1 N–H and O–H groups in total. The number of cyclic esters (lactones) is 1. The van der Waals surface area contributed by atoms with Crippen LogP contribution < -0.4 is 5.32 Å². The van der Waals surface area contributed by atoms with Gasteiger partial charge < -0.3 is 10.1 Å². The van der Waals surface area contributed by atoms with Gasteiger partial charge in [0, 0.05) is 10.8 Å².